The lowest BCUT2D eigenvalue weighted by molar-refractivity contribution is 0.104. The van der Waals surface area contributed by atoms with Crippen LogP contribution in [0.3, 0.4) is 0 Å². The molecule has 2 unspecified atom stereocenters. The van der Waals surface area contributed by atoms with E-state index >= 15 is 0 Å². The molecule has 0 fully saturated rings. The molecule has 0 saturated heterocycles. The molecule has 0 bridgehead atoms. The van der Waals surface area contributed by atoms with Gasteiger partial charge in [-0.1, -0.05) is 56.7 Å². The van der Waals surface area contributed by atoms with Gasteiger partial charge in [0.15, 0.2) is 0 Å². The Hall–Kier alpha value is -1.08. The molecule has 1 aliphatic carbocycles. The molecular weight excluding hydrogens is 220 g/mol. The highest BCUT2D eigenvalue weighted by molar-refractivity contribution is 5.37. The highest BCUT2D eigenvalue weighted by Gasteiger charge is 2.08. The van der Waals surface area contributed by atoms with E-state index in [1.807, 2.05) is 6.92 Å². The zero-order chi connectivity index (χ0) is 13.4. The zero-order valence-corrected chi connectivity index (χ0v) is 12.1. The van der Waals surface area contributed by atoms with E-state index in [2.05, 4.69) is 57.2 Å². The summed E-state index contributed by atoms with van der Waals surface area (Å²) in [6.45, 7) is 9.43. The van der Waals surface area contributed by atoms with Gasteiger partial charge in [-0.25, -0.2) is 0 Å². The summed E-state index contributed by atoms with van der Waals surface area (Å²) in [6, 6.07) is 0. The van der Waals surface area contributed by atoms with Crippen LogP contribution in [0.15, 0.2) is 47.6 Å². The van der Waals surface area contributed by atoms with E-state index < -0.39 is 0 Å². The van der Waals surface area contributed by atoms with Gasteiger partial charge in [0.05, 0.1) is 6.10 Å². The number of rotatable bonds is 6. The zero-order valence-electron chi connectivity index (χ0n) is 12.1. The summed E-state index contributed by atoms with van der Waals surface area (Å²) in [4.78, 5) is 0. The maximum absolute atomic E-state index is 5.65. The minimum absolute atomic E-state index is 0.164. The molecule has 0 heterocycles. The van der Waals surface area contributed by atoms with E-state index in [4.69, 9.17) is 4.74 Å². The van der Waals surface area contributed by atoms with Crippen LogP contribution in [0.5, 0.6) is 0 Å². The van der Waals surface area contributed by atoms with Gasteiger partial charge in [0.25, 0.3) is 0 Å². The lowest BCUT2D eigenvalue weighted by atomic mass is 9.94. The summed E-state index contributed by atoms with van der Waals surface area (Å²) < 4.78 is 5.65. The van der Waals surface area contributed by atoms with Crippen molar-refractivity contribution in [1.82, 2.24) is 0 Å². The van der Waals surface area contributed by atoms with Crippen molar-refractivity contribution >= 4 is 0 Å². The normalized spacial score (nSPS) is 18.7. The number of hydrogen-bond acceptors (Lipinski definition) is 1. The summed E-state index contributed by atoms with van der Waals surface area (Å²) in [5.74, 6) is 0.623. The van der Waals surface area contributed by atoms with Gasteiger partial charge in [0, 0.05) is 6.61 Å². The van der Waals surface area contributed by atoms with E-state index in [0.717, 1.165) is 6.61 Å². The predicted octanol–water partition coefficient (Wildman–Crippen LogP) is 4.83. The molecule has 0 saturated carbocycles. The third-order valence-corrected chi connectivity index (χ3v) is 3.33. The van der Waals surface area contributed by atoms with Crippen LogP contribution in [0.25, 0.3) is 0 Å². The largest absolute Gasteiger partial charge is 0.374 e. The quantitative estimate of drug-likeness (QED) is 0.652. The van der Waals surface area contributed by atoms with Crippen molar-refractivity contribution in [2.24, 2.45) is 5.92 Å². The summed E-state index contributed by atoms with van der Waals surface area (Å²) in [7, 11) is 0. The van der Waals surface area contributed by atoms with E-state index in [0.29, 0.717) is 5.92 Å². The summed E-state index contributed by atoms with van der Waals surface area (Å²) >= 11 is 0. The van der Waals surface area contributed by atoms with Crippen molar-refractivity contribution in [3.63, 3.8) is 0 Å². The van der Waals surface area contributed by atoms with Crippen LogP contribution in [0.1, 0.15) is 40.5 Å². The lowest BCUT2D eigenvalue weighted by Crippen LogP contribution is -2.10. The third kappa shape index (κ3) is 4.66. The Morgan fingerprint density at radius 3 is 2.22 bits per heavy atom. The molecule has 100 valence electrons. The summed E-state index contributed by atoms with van der Waals surface area (Å²) in [6.07, 6.45) is 15.7. The Morgan fingerprint density at radius 1 is 1.00 bits per heavy atom. The highest BCUT2D eigenvalue weighted by Crippen LogP contribution is 2.20. The molecular formula is C17H26O. The number of ether oxygens (including phenoxy) is 1. The Labute approximate surface area is 112 Å². The summed E-state index contributed by atoms with van der Waals surface area (Å²) in [5, 5.41) is 0. The molecule has 1 nitrogen and oxygen atoms in total. The van der Waals surface area contributed by atoms with E-state index in [-0.39, 0.29) is 6.10 Å². The highest BCUT2D eigenvalue weighted by atomic mass is 16.5. The van der Waals surface area contributed by atoms with Crippen molar-refractivity contribution in [2.75, 3.05) is 6.61 Å². The van der Waals surface area contributed by atoms with E-state index in [9.17, 15) is 0 Å². The van der Waals surface area contributed by atoms with Gasteiger partial charge in [-0.3, -0.25) is 0 Å². The first kappa shape index (κ1) is 15.0. The van der Waals surface area contributed by atoms with Crippen molar-refractivity contribution in [3.05, 3.63) is 47.6 Å². The summed E-state index contributed by atoms with van der Waals surface area (Å²) in [5.41, 5.74) is 2.64. The molecule has 0 spiro atoms. The molecule has 1 rings (SSSR count). The van der Waals surface area contributed by atoms with Gasteiger partial charge in [-0.2, -0.15) is 0 Å². The van der Waals surface area contributed by atoms with Crippen molar-refractivity contribution in [1.29, 1.82) is 0 Å². The average Bonchev–Trinajstić information content (AvgIpc) is 2.29. The second-order valence-corrected chi connectivity index (χ2v) is 4.84. The van der Waals surface area contributed by atoms with E-state index in [1.165, 1.54) is 24.0 Å². The molecule has 0 aromatic carbocycles. The van der Waals surface area contributed by atoms with Gasteiger partial charge in [0.2, 0.25) is 0 Å². The van der Waals surface area contributed by atoms with Crippen LogP contribution in [0.4, 0.5) is 0 Å². The molecule has 0 amide bonds. The smallest absolute Gasteiger partial charge is 0.0796 e. The van der Waals surface area contributed by atoms with Gasteiger partial charge < -0.3 is 4.74 Å². The molecule has 18 heavy (non-hydrogen) atoms. The predicted molar refractivity (Wildman–Crippen MR) is 79.6 cm³/mol. The van der Waals surface area contributed by atoms with Crippen molar-refractivity contribution < 1.29 is 4.74 Å². The van der Waals surface area contributed by atoms with Crippen LogP contribution in [0, 0.1) is 5.92 Å². The molecule has 0 N–H and O–H groups in total. The first-order chi connectivity index (χ1) is 8.69. The van der Waals surface area contributed by atoms with Gasteiger partial charge in [-0.15, -0.1) is 0 Å². The lowest BCUT2D eigenvalue weighted by Gasteiger charge is -2.15. The first-order valence-corrected chi connectivity index (χ1v) is 7.07. The van der Waals surface area contributed by atoms with Crippen LogP contribution < -0.4 is 0 Å². The van der Waals surface area contributed by atoms with Gasteiger partial charge >= 0.3 is 0 Å². The van der Waals surface area contributed by atoms with Gasteiger partial charge in [-0.05, 0) is 37.3 Å². The molecule has 0 aliphatic heterocycles. The number of hydrogen-bond donors (Lipinski definition) is 0. The first-order valence-electron chi connectivity index (χ1n) is 7.07. The molecule has 0 radical (unpaired) electrons. The second kappa shape index (κ2) is 8.10. The minimum Gasteiger partial charge on any atom is -0.374 e. The Morgan fingerprint density at radius 2 is 1.61 bits per heavy atom. The fourth-order valence-electron chi connectivity index (χ4n) is 2.18. The molecule has 1 aliphatic rings. The minimum atomic E-state index is 0.164. The topological polar surface area (TPSA) is 9.23 Å². The number of allylic oxidation sites excluding steroid dienone is 6. The fourth-order valence-corrected chi connectivity index (χ4v) is 2.18. The van der Waals surface area contributed by atoms with Crippen LogP contribution >= 0.6 is 0 Å². The van der Waals surface area contributed by atoms with E-state index in [1.54, 1.807) is 0 Å². The standard InChI is InChI=1S/C17H26O/c1-5-9-14(3)16-10-7-8-11-17(13-12-16)15(4)18-6-2/h7-8,10-15H,5-6,9H2,1-4H3. The van der Waals surface area contributed by atoms with Crippen molar-refractivity contribution in [2.45, 2.75) is 46.6 Å². The molecule has 1 heteroatoms. The van der Waals surface area contributed by atoms with Crippen LogP contribution in [-0.4, -0.2) is 12.7 Å². The van der Waals surface area contributed by atoms with Crippen LogP contribution in [0.2, 0.25) is 0 Å². The average molecular weight is 246 g/mol. The maximum atomic E-state index is 5.65. The Bertz CT molecular complexity index is 322. The van der Waals surface area contributed by atoms with Crippen LogP contribution in [-0.2, 0) is 4.74 Å². The SMILES string of the molecule is CCCC(C)C1=CC=C(C(C)OCC)C=CC=C1. The van der Waals surface area contributed by atoms with Gasteiger partial charge in [0.1, 0.15) is 0 Å². The Balaban J connectivity index is 2.83. The maximum Gasteiger partial charge on any atom is 0.0796 e. The second-order valence-electron chi connectivity index (χ2n) is 4.84. The molecule has 0 aromatic rings. The Kier molecular flexibility index (Phi) is 6.74. The van der Waals surface area contributed by atoms with Crippen molar-refractivity contribution in [3.8, 4) is 0 Å². The third-order valence-electron chi connectivity index (χ3n) is 3.33. The molecule has 0 aromatic heterocycles. The fraction of sp³-hybridized carbons (Fsp3) is 0.529. The molecule has 2 atom stereocenters. The monoisotopic (exact) mass is 246 g/mol.